The summed E-state index contributed by atoms with van der Waals surface area (Å²) in [7, 11) is 2.03. The van der Waals surface area contributed by atoms with Crippen molar-refractivity contribution in [2.45, 2.75) is 61.0 Å². The van der Waals surface area contributed by atoms with Gasteiger partial charge < -0.3 is 5.32 Å². The highest BCUT2D eigenvalue weighted by Crippen LogP contribution is 2.39. The summed E-state index contributed by atoms with van der Waals surface area (Å²) >= 11 is 1.20. The average molecular weight is 476 g/mol. The standard InChI is InChI=1S/C25H26FN7S/c1-16-20(14-31-33(16)19-6-8-25(2,28-3)9-7-19)17-11-22(34-24-21(26)5-4-10-29-24)23-18(12-27)13-30-32(23)15-17/h4-5,10-11,13-15,19,28H,6-9H2,1-3H3/t19-,25+. The van der Waals surface area contributed by atoms with Crippen LogP contribution in [0.15, 0.2) is 52.9 Å². The molecule has 34 heavy (non-hydrogen) atoms. The van der Waals surface area contributed by atoms with E-state index in [-0.39, 0.29) is 10.6 Å². The monoisotopic (exact) mass is 475 g/mol. The fourth-order valence-corrected chi connectivity index (χ4v) is 5.72. The zero-order chi connectivity index (χ0) is 23.9. The van der Waals surface area contributed by atoms with Gasteiger partial charge in [-0.1, -0.05) is 11.8 Å². The van der Waals surface area contributed by atoms with Crippen LogP contribution in [-0.2, 0) is 0 Å². The average Bonchev–Trinajstić information content (AvgIpc) is 3.44. The van der Waals surface area contributed by atoms with Gasteiger partial charge in [0.1, 0.15) is 11.1 Å². The van der Waals surface area contributed by atoms with Crippen LogP contribution in [0.4, 0.5) is 4.39 Å². The number of hydrogen-bond donors (Lipinski definition) is 1. The molecule has 0 radical (unpaired) electrons. The molecule has 0 spiro atoms. The van der Waals surface area contributed by atoms with Crippen molar-refractivity contribution in [3.63, 3.8) is 0 Å². The lowest BCUT2D eigenvalue weighted by atomic mass is 9.81. The lowest BCUT2D eigenvalue weighted by Gasteiger charge is -2.37. The first-order valence-electron chi connectivity index (χ1n) is 11.4. The van der Waals surface area contributed by atoms with Crippen molar-refractivity contribution >= 4 is 17.3 Å². The smallest absolute Gasteiger partial charge is 0.155 e. The van der Waals surface area contributed by atoms with Gasteiger partial charge >= 0.3 is 0 Å². The molecule has 1 fully saturated rings. The zero-order valence-electron chi connectivity index (χ0n) is 19.4. The van der Waals surface area contributed by atoms with Crippen molar-refractivity contribution in [3.05, 3.63) is 60.1 Å². The Hall–Kier alpha value is -3.22. The first-order chi connectivity index (χ1) is 16.4. The number of fused-ring (bicyclic) bond motifs is 1. The van der Waals surface area contributed by atoms with Crippen molar-refractivity contribution in [1.82, 2.24) is 29.7 Å². The Labute approximate surface area is 202 Å². The first kappa shape index (κ1) is 22.6. The molecule has 5 rings (SSSR count). The normalized spacial score (nSPS) is 20.5. The van der Waals surface area contributed by atoms with E-state index in [9.17, 15) is 9.65 Å². The van der Waals surface area contributed by atoms with Crippen molar-refractivity contribution < 1.29 is 4.39 Å². The van der Waals surface area contributed by atoms with Crippen LogP contribution < -0.4 is 5.32 Å². The van der Waals surface area contributed by atoms with Crippen LogP contribution in [0.2, 0.25) is 0 Å². The predicted molar refractivity (Wildman–Crippen MR) is 129 cm³/mol. The second kappa shape index (κ2) is 8.85. The summed E-state index contributed by atoms with van der Waals surface area (Å²) < 4.78 is 18.2. The summed E-state index contributed by atoms with van der Waals surface area (Å²) in [6, 6.07) is 7.48. The highest BCUT2D eigenvalue weighted by Gasteiger charge is 2.31. The van der Waals surface area contributed by atoms with Crippen molar-refractivity contribution in [2.75, 3.05) is 7.05 Å². The highest BCUT2D eigenvalue weighted by atomic mass is 32.2. The maximum Gasteiger partial charge on any atom is 0.155 e. The topological polar surface area (TPSA) is 83.8 Å². The lowest BCUT2D eigenvalue weighted by molar-refractivity contribution is 0.208. The minimum atomic E-state index is -0.399. The summed E-state index contributed by atoms with van der Waals surface area (Å²) in [6.07, 6.45) is 11.3. The summed E-state index contributed by atoms with van der Waals surface area (Å²) in [5.74, 6) is -0.399. The third-order valence-electron chi connectivity index (χ3n) is 6.99. The zero-order valence-corrected chi connectivity index (χ0v) is 20.2. The van der Waals surface area contributed by atoms with E-state index in [2.05, 4.69) is 40.0 Å². The van der Waals surface area contributed by atoms with Crippen molar-refractivity contribution in [2.24, 2.45) is 0 Å². The number of nitriles is 1. The van der Waals surface area contributed by atoms with Crippen molar-refractivity contribution in [3.8, 4) is 17.2 Å². The SMILES string of the molecule is CN[C@]1(C)CC[C@H](n2ncc(-c3cc(Sc4ncccc4F)c4c(C#N)cnn4c3)c2C)CC1. The van der Waals surface area contributed by atoms with E-state index in [0.717, 1.165) is 47.4 Å². The van der Waals surface area contributed by atoms with Gasteiger partial charge in [-0.05, 0) is 64.8 Å². The largest absolute Gasteiger partial charge is 0.315 e. The van der Waals surface area contributed by atoms with E-state index in [1.807, 2.05) is 25.5 Å². The summed E-state index contributed by atoms with van der Waals surface area (Å²) in [6.45, 7) is 4.37. The van der Waals surface area contributed by atoms with Gasteiger partial charge in [0, 0.05) is 39.6 Å². The third kappa shape index (κ3) is 3.97. The Kier molecular flexibility index (Phi) is 5.88. The van der Waals surface area contributed by atoms with Crippen LogP contribution in [-0.4, -0.2) is 37.0 Å². The Morgan fingerprint density at radius 3 is 2.76 bits per heavy atom. The molecular weight excluding hydrogens is 449 g/mol. The second-order valence-corrected chi connectivity index (χ2v) is 10.1. The van der Waals surface area contributed by atoms with Crippen LogP contribution in [0, 0.1) is 24.1 Å². The molecule has 0 unspecified atom stereocenters. The molecule has 0 atom stereocenters. The van der Waals surface area contributed by atoms with Crippen LogP contribution >= 0.6 is 11.8 Å². The second-order valence-electron chi connectivity index (χ2n) is 9.08. The van der Waals surface area contributed by atoms with E-state index in [1.165, 1.54) is 24.0 Å². The summed E-state index contributed by atoms with van der Waals surface area (Å²) in [4.78, 5) is 4.90. The fourth-order valence-electron chi connectivity index (χ4n) is 4.75. The molecule has 0 bridgehead atoms. The summed E-state index contributed by atoms with van der Waals surface area (Å²) in [5, 5.41) is 22.4. The van der Waals surface area contributed by atoms with E-state index in [0.29, 0.717) is 17.1 Å². The molecule has 1 saturated carbocycles. The first-order valence-corrected chi connectivity index (χ1v) is 12.2. The van der Waals surface area contributed by atoms with E-state index < -0.39 is 5.82 Å². The number of hydrogen-bond acceptors (Lipinski definition) is 6. The number of rotatable bonds is 5. The molecule has 4 aromatic heterocycles. The molecule has 4 aromatic rings. The molecule has 4 heterocycles. The van der Waals surface area contributed by atoms with Gasteiger partial charge in [0.25, 0.3) is 0 Å². The van der Waals surface area contributed by atoms with E-state index in [4.69, 9.17) is 5.10 Å². The minimum Gasteiger partial charge on any atom is -0.315 e. The number of aromatic nitrogens is 5. The van der Waals surface area contributed by atoms with Crippen LogP contribution in [0.5, 0.6) is 0 Å². The maximum absolute atomic E-state index is 14.4. The van der Waals surface area contributed by atoms with Crippen LogP contribution in [0.3, 0.4) is 0 Å². The minimum absolute atomic E-state index is 0.191. The van der Waals surface area contributed by atoms with Gasteiger partial charge in [0.05, 0.1) is 29.5 Å². The Balaban J connectivity index is 1.54. The maximum atomic E-state index is 14.4. The Morgan fingerprint density at radius 1 is 1.26 bits per heavy atom. The molecule has 174 valence electrons. The molecular formula is C25H26FN7S. The molecule has 9 heteroatoms. The molecule has 1 N–H and O–H groups in total. The van der Waals surface area contributed by atoms with Crippen LogP contribution in [0.1, 0.15) is 49.9 Å². The molecule has 0 aliphatic heterocycles. The Bertz CT molecular complexity index is 1390. The molecule has 1 aliphatic rings. The van der Waals surface area contributed by atoms with Gasteiger partial charge in [0.15, 0.2) is 5.82 Å². The number of pyridine rings is 2. The quantitative estimate of drug-likeness (QED) is 0.429. The Morgan fingerprint density at radius 2 is 2.06 bits per heavy atom. The van der Waals surface area contributed by atoms with Gasteiger partial charge in [-0.25, -0.2) is 13.9 Å². The van der Waals surface area contributed by atoms with Gasteiger partial charge in [-0.15, -0.1) is 0 Å². The summed E-state index contributed by atoms with van der Waals surface area (Å²) in [5.41, 5.74) is 4.28. The molecule has 0 aromatic carbocycles. The highest BCUT2D eigenvalue weighted by molar-refractivity contribution is 7.99. The third-order valence-corrected chi connectivity index (χ3v) is 8.02. The molecule has 0 saturated heterocycles. The number of nitrogens with zero attached hydrogens (tertiary/aromatic N) is 6. The van der Waals surface area contributed by atoms with Crippen LogP contribution in [0.25, 0.3) is 16.6 Å². The molecule has 0 amide bonds. The van der Waals surface area contributed by atoms with Gasteiger partial charge in [-0.2, -0.15) is 15.5 Å². The van der Waals surface area contributed by atoms with E-state index in [1.54, 1.807) is 16.8 Å². The fraction of sp³-hybridized carbons (Fsp3) is 0.360. The van der Waals surface area contributed by atoms with Crippen molar-refractivity contribution in [1.29, 1.82) is 5.26 Å². The molecule has 1 aliphatic carbocycles. The number of halogens is 1. The lowest BCUT2D eigenvalue weighted by Crippen LogP contribution is -2.43. The molecule has 7 nitrogen and oxygen atoms in total. The van der Waals surface area contributed by atoms with E-state index >= 15 is 0 Å². The van der Waals surface area contributed by atoms with Gasteiger partial charge in [-0.3, -0.25) is 4.68 Å². The predicted octanol–water partition coefficient (Wildman–Crippen LogP) is 5.16. The van der Waals surface area contributed by atoms with Gasteiger partial charge in [0.2, 0.25) is 0 Å². The number of nitrogens with one attached hydrogen (secondary N) is 1.